The van der Waals surface area contributed by atoms with E-state index in [2.05, 4.69) is 4.74 Å². The minimum atomic E-state index is -0.743. The SMILES string of the molecule is COC(=O)CC(=O)N(C)c1cc(F)ccc1F. The zero-order chi connectivity index (χ0) is 13.0. The number of ether oxygens (including phenoxy) is 1. The fourth-order valence-electron chi connectivity index (χ4n) is 1.19. The van der Waals surface area contributed by atoms with Gasteiger partial charge < -0.3 is 9.64 Å². The van der Waals surface area contributed by atoms with Crippen molar-refractivity contribution in [2.45, 2.75) is 6.42 Å². The van der Waals surface area contributed by atoms with E-state index >= 15 is 0 Å². The van der Waals surface area contributed by atoms with Crippen LogP contribution in [0.1, 0.15) is 6.42 Å². The minimum Gasteiger partial charge on any atom is -0.469 e. The third-order valence-corrected chi connectivity index (χ3v) is 2.17. The van der Waals surface area contributed by atoms with Crippen LogP contribution >= 0.6 is 0 Å². The summed E-state index contributed by atoms with van der Waals surface area (Å²) < 4.78 is 30.5. The predicted molar refractivity (Wildman–Crippen MR) is 56.4 cm³/mol. The molecule has 1 amide bonds. The van der Waals surface area contributed by atoms with Gasteiger partial charge in [-0.05, 0) is 12.1 Å². The Morgan fingerprint density at radius 3 is 2.59 bits per heavy atom. The van der Waals surface area contributed by atoms with Crippen LogP contribution in [0.4, 0.5) is 14.5 Å². The predicted octanol–water partition coefficient (Wildman–Crippen LogP) is 1.49. The van der Waals surface area contributed by atoms with E-state index in [1.54, 1.807) is 0 Å². The van der Waals surface area contributed by atoms with E-state index in [0.717, 1.165) is 30.2 Å². The van der Waals surface area contributed by atoms with Crippen LogP contribution in [0.5, 0.6) is 0 Å². The van der Waals surface area contributed by atoms with Gasteiger partial charge in [-0.3, -0.25) is 9.59 Å². The Morgan fingerprint density at radius 2 is 2.00 bits per heavy atom. The van der Waals surface area contributed by atoms with E-state index in [0.29, 0.717) is 0 Å². The van der Waals surface area contributed by atoms with Crippen LogP contribution in [0.3, 0.4) is 0 Å². The van der Waals surface area contributed by atoms with Crippen molar-refractivity contribution in [3.63, 3.8) is 0 Å². The molecule has 0 fully saturated rings. The fraction of sp³-hybridized carbons (Fsp3) is 0.273. The van der Waals surface area contributed by atoms with Crippen LogP contribution in [-0.4, -0.2) is 26.0 Å². The lowest BCUT2D eigenvalue weighted by Crippen LogP contribution is -2.29. The number of hydrogen-bond donors (Lipinski definition) is 0. The van der Waals surface area contributed by atoms with Crippen molar-refractivity contribution in [2.75, 3.05) is 19.1 Å². The summed E-state index contributed by atoms with van der Waals surface area (Å²) in [5.74, 6) is -2.83. The van der Waals surface area contributed by atoms with Crippen LogP contribution in [0, 0.1) is 11.6 Å². The first-order valence-electron chi connectivity index (χ1n) is 4.74. The number of hydrogen-bond acceptors (Lipinski definition) is 3. The third-order valence-electron chi connectivity index (χ3n) is 2.17. The second kappa shape index (κ2) is 5.38. The number of amides is 1. The maximum Gasteiger partial charge on any atom is 0.315 e. The standard InChI is InChI=1S/C11H11F2NO3/c1-14(10(15)6-11(16)17-2)9-5-7(12)3-4-8(9)13/h3-5H,6H2,1-2H3. The number of nitrogens with zero attached hydrogens (tertiary/aromatic N) is 1. The molecule has 0 unspecified atom stereocenters. The summed E-state index contributed by atoms with van der Waals surface area (Å²) in [7, 11) is 2.39. The van der Waals surface area contributed by atoms with Crippen LogP contribution in [0.2, 0.25) is 0 Å². The van der Waals surface area contributed by atoms with Crippen molar-refractivity contribution in [1.29, 1.82) is 0 Å². The van der Waals surface area contributed by atoms with E-state index in [4.69, 9.17) is 0 Å². The van der Waals surface area contributed by atoms with E-state index in [1.165, 1.54) is 7.05 Å². The highest BCUT2D eigenvalue weighted by atomic mass is 19.1. The lowest BCUT2D eigenvalue weighted by molar-refractivity contribution is -0.143. The zero-order valence-electron chi connectivity index (χ0n) is 9.37. The molecule has 0 heterocycles. The van der Waals surface area contributed by atoms with Gasteiger partial charge in [-0.2, -0.15) is 0 Å². The molecule has 6 heteroatoms. The van der Waals surface area contributed by atoms with Gasteiger partial charge in [-0.15, -0.1) is 0 Å². The summed E-state index contributed by atoms with van der Waals surface area (Å²) in [4.78, 5) is 23.3. The monoisotopic (exact) mass is 243 g/mol. The molecule has 0 aromatic heterocycles. The molecule has 1 aromatic carbocycles. The first-order chi connectivity index (χ1) is 7.95. The molecule has 0 saturated heterocycles. The molecule has 0 saturated carbocycles. The Labute approximate surface area is 96.8 Å². The lowest BCUT2D eigenvalue weighted by Gasteiger charge is -2.17. The Hall–Kier alpha value is -1.98. The average molecular weight is 243 g/mol. The highest BCUT2D eigenvalue weighted by Crippen LogP contribution is 2.19. The Balaban J connectivity index is 2.88. The van der Waals surface area contributed by atoms with Crippen LogP contribution in [0.25, 0.3) is 0 Å². The molecule has 4 nitrogen and oxygen atoms in total. The smallest absolute Gasteiger partial charge is 0.315 e. The van der Waals surface area contributed by atoms with Crippen molar-refractivity contribution in [1.82, 2.24) is 0 Å². The number of anilines is 1. The van der Waals surface area contributed by atoms with E-state index < -0.39 is 29.9 Å². The number of rotatable bonds is 3. The van der Waals surface area contributed by atoms with E-state index in [1.807, 2.05) is 0 Å². The normalized spacial score (nSPS) is 9.88. The maximum atomic E-state index is 13.3. The molecular weight excluding hydrogens is 232 g/mol. The largest absolute Gasteiger partial charge is 0.469 e. The van der Waals surface area contributed by atoms with Gasteiger partial charge in [0.2, 0.25) is 5.91 Å². The lowest BCUT2D eigenvalue weighted by atomic mass is 10.2. The molecular formula is C11H11F2NO3. The van der Waals surface area contributed by atoms with Crippen LogP contribution in [-0.2, 0) is 14.3 Å². The highest BCUT2D eigenvalue weighted by molar-refractivity contribution is 6.03. The van der Waals surface area contributed by atoms with Gasteiger partial charge >= 0.3 is 5.97 Å². The van der Waals surface area contributed by atoms with Crippen molar-refractivity contribution < 1.29 is 23.1 Å². The summed E-state index contributed by atoms with van der Waals surface area (Å²) in [5, 5.41) is 0. The third kappa shape index (κ3) is 3.24. The van der Waals surface area contributed by atoms with Gasteiger partial charge in [0.25, 0.3) is 0 Å². The van der Waals surface area contributed by atoms with Gasteiger partial charge in [0.15, 0.2) is 0 Å². The molecule has 1 aromatic rings. The summed E-state index contributed by atoms with van der Waals surface area (Å²) >= 11 is 0. The number of esters is 1. The molecule has 0 aliphatic heterocycles. The summed E-state index contributed by atoms with van der Waals surface area (Å²) in [5.41, 5.74) is -0.223. The van der Waals surface area contributed by atoms with Gasteiger partial charge in [0.1, 0.15) is 18.1 Å². The molecule has 0 atom stereocenters. The van der Waals surface area contributed by atoms with E-state index in [-0.39, 0.29) is 5.69 Å². The van der Waals surface area contributed by atoms with Gasteiger partial charge in [0.05, 0.1) is 12.8 Å². The van der Waals surface area contributed by atoms with E-state index in [9.17, 15) is 18.4 Å². The number of carbonyl (C=O) groups excluding carboxylic acids is 2. The molecule has 17 heavy (non-hydrogen) atoms. The Kier molecular flexibility index (Phi) is 4.14. The number of methoxy groups -OCH3 is 1. The van der Waals surface area contributed by atoms with Gasteiger partial charge in [-0.25, -0.2) is 8.78 Å². The molecule has 0 aliphatic carbocycles. The summed E-state index contributed by atoms with van der Waals surface area (Å²) in [6.45, 7) is 0. The number of benzene rings is 1. The van der Waals surface area contributed by atoms with Crippen molar-refractivity contribution in [2.24, 2.45) is 0 Å². The quantitative estimate of drug-likeness (QED) is 0.597. The fourth-order valence-corrected chi connectivity index (χ4v) is 1.19. The number of halogens is 2. The molecule has 0 bridgehead atoms. The second-order valence-corrected chi connectivity index (χ2v) is 3.30. The van der Waals surface area contributed by atoms with Gasteiger partial charge in [-0.1, -0.05) is 0 Å². The summed E-state index contributed by atoms with van der Waals surface area (Å²) in [6.07, 6.45) is -0.525. The molecule has 92 valence electrons. The molecule has 0 aliphatic rings. The highest BCUT2D eigenvalue weighted by Gasteiger charge is 2.18. The number of carbonyl (C=O) groups is 2. The second-order valence-electron chi connectivity index (χ2n) is 3.30. The molecule has 1 rings (SSSR count). The average Bonchev–Trinajstić information content (AvgIpc) is 2.31. The van der Waals surface area contributed by atoms with Crippen LogP contribution < -0.4 is 4.90 Å². The maximum absolute atomic E-state index is 13.3. The zero-order valence-corrected chi connectivity index (χ0v) is 9.37. The summed E-state index contributed by atoms with van der Waals surface area (Å²) in [6, 6.07) is 2.73. The van der Waals surface area contributed by atoms with Crippen LogP contribution in [0.15, 0.2) is 18.2 Å². The molecule has 0 radical (unpaired) electrons. The van der Waals surface area contributed by atoms with Crippen molar-refractivity contribution >= 4 is 17.6 Å². The molecule has 0 N–H and O–H groups in total. The van der Waals surface area contributed by atoms with Gasteiger partial charge in [0, 0.05) is 13.1 Å². The first-order valence-corrected chi connectivity index (χ1v) is 4.74. The Morgan fingerprint density at radius 1 is 1.35 bits per heavy atom. The minimum absolute atomic E-state index is 0.223. The topological polar surface area (TPSA) is 46.6 Å². The molecule has 0 spiro atoms. The van der Waals surface area contributed by atoms with Crippen molar-refractivity contribution in [3.8, 4) is 0 Å². The van der Waals surface area contributed by atoms with Crippen molar-refractivity contribution in [3.05, 3.63) is 29.8 Å². The Bertz CT molecular complexity index is 448. The first kappa shape index (κ1) is 13.1.